The molecule has 0 radical (unpaired) electrons. The molecular formula is C11H19N5O2. The van der Waals surface area contributed by atoms with E-state index in [2.05, 4.69) is 10.3 Å². The van der Waals surface area contributed by atoms with Gasteiger partial charge < -0.3 is 11.5 Å². The van der Waals surface area contributed by atoms with Crippen LogP contribution in [0, 0.1) is 0 Å². The first-order valence-electron chi connectivity index (χ1n) is 6.07. The van der Waals surface area contributed by atoms with Crippen LogP contribution in [0.1, 0.15) is 66.5 Å². The Hall–Kier alpha value is -1.92. The van der Waals surface area contributed by atoms with Crippen LogP contribution in [-0.4, -0.2) is 26.8 Å². The highest BCUT2D eigenvalue weighted by Crippen LogP contribution is 2.21. The van der Waals surface area contributed by atoms with Gasteiger partial charge >= 0.3 is 0 Å². The maximum atomic E-state index is 11.4. The Morgan fingerprint density at radius 2 is 1.72 bits per heavy atom. The van der Waals surface area contributed by atoms with Gasteiger partial charge in [0, 0.05) is 0 Å². The Morgan fingerprint density at radius 3 is 2.11 bits per heavy atom. The van der Waals surface area contributed by atoms with Crippen molar-refractivity contribution in [1.29, 1.82) is 0 Å². The van der Waals surface area contributed by atoms with Gasteiger partial charge in [-0.05, 0) is 12.8 Å². The normalized spacial score (nSPS) is 10.8. The highest BCUT2D eigenvalue weighted by atomic mass is 16.2. The van der Waals surface area contributed by atoms with E-state index in [4.69, 9.17) is 11.5 Å². The summed E-state index contributed by atoms with van der Waals surface area (Å²) in [6.45, 7) is 4.08. The average molecular weight is 253 g/mol. The van der Waals surface area contributed by atoms with Crippen molar-refractivity contribution in [1.82, 2.24) is 15.0 Å². The summed E-state index contributed by atoms with van der Waals surface area (Å²) in [4.78, 5) is 22.6. The van der Waals surface area contributed by atoms with Gasteiger partial charge in [-0.15, -0.1) is 5.10 Å². The second kappa shape index (κ2) is 6.13. The van der Waals surface area contributed by atoms with Gasteiger partial charge in [0.25, 0.3) is 11.8 Å². The second-order valence-corrected chi connectivity index (χ2v) is 4.19. The number of primary amides is 2. The third-order valence-corrected chi connectivity index (χ3v) is 2.75. The standard InChI is InChI=1S/C11H19N5O2/c1-3-5-7(6-4-2)16-9(11(13)18)8(10(12)17)14-15-16/h7H,3-6H2,1-2H3,(H2,12,17)(H2,13,18). The molecule has 2 amide bonds. The topological polar surface area (TPSA) is 117 Å². The van der Waals surface area contributed by atoms with Crippen molar-refractivity contribution in [2.45, 2.75) is 45.6 Å². The molecule has 1 aromatic rings. The number of carbonyl (C=O) groups is 2. The van der Waals surface area contributed by atoms with Gasteiger partial charge in [0.1, 0.15) is 0 Å². The van der Waals surface area contributed by atoms with Crippen molar-refractivity contribution in [2.75, 3.05) is 0 Å². The van der Waals surface area contributed by atoms with Gasteiger partial charge in [0.05, 0.1) is 6.04 Å². The lowest BCUT2D eigenvalue weighted by molar-refractivity contribution is 0.0956. The molecule has 7 heteroatoms. The van der Waals surface area contributed by atoms with Crippen LogP contribution in [-0.2, 0) is 0 Å². The predicted molar refractivity (Wildman–Crippen MR) is 65.9 cm³/mol. The first kappa shape index (κ1) is 14.1. The molecule has 7 nitrogen and oxygen atoms in total. The van der Waals surface area contributed by atoms with E-state index in [1.165, 1.54) is 4.68 Å². The summed E-state index contributed by atoms with van der Waals surface area (Å²) in [5.74, 6) is -1.52. The number of nitrogens with two attached hydrogens (primary N) is 2. The Balaban J connectivity index is 3.21. The van der Waals surface area contributed by atoms with Crippen molar-refractivity contribution in [2.24, 2.45) is 11.5 Å². The number of hydrogen-bond acceptors (Lipinski definition) is 4. The van der Waals surface area contributed by atoms with E-state index < -0.39 is 11.8 Å². The lowest BCUT2D eigenvalue weighted by Gasteiger charge is -2.16. The quantitative estimate of drug-likeness (QED) is 0.740. The minimum absolute atomic E-state index is 0.00870. The highest BCUT2D eigenvalue weighted by molar-refractivity contribution is 6.03. The molecule has 0 aliphatic rings. The lowest BCUT2D eigenvalue weighted by Crippen LogP contribution is -2.25. The number of hydrogen-bond donors (Lipinski definition) is 2. The van der Waals surface area contributed by atoms with E-state index in [0.717, 1.165) is 25.7 Å². The molecule has 1 aromatic heterocycles. The van der Waals surface area contributed by atoms with Crippen molar-refractivity contribution in [3.05, 3.63) is 11.4 Å². The molecule has 100 valence electrons. The van der Waals surface area contributed by atoms with Crippen LogP contribution in [0.15, 0.2) is 0 Å². The molecule has 0 saturated heterocycles. The van der Waals surface area contributed by atoms with Crippen LogP contribution < -0.4 is 11.5 Å². The summed E-state index contributed by atoms with van der Waals surface area (Å²) in [5, 5.41) is 7.52. The molecule has 0 saturated carbocycles. The average Bonchev–Trinajstić information content (AvgIpc) is 2.73. The fourth-order valence-corrected chi connectivity index (χ4v) is 2.00. The maximum absolute atomic E-state index is 11.4. The monoisotopic (exact) mass is 253 g/mol. The lowest BCUT2D eigenvalue weighted by atomic mass is 10.1. The smallest absolute Gasteiger partial charge is 0.271 e. The summed E-state index contributed by atoms with van der Waals surface area (Å²) >= 11 is 0. The Kier molecular flexibility index (Phi) is 4.82. The predicted octanol–water partition coefficient (Wildman–Crippen LogP) is 0.617. The van der Waals surface area contributed by atoms with E-state index in [0.29, 0.717) is 0 Å². The molecule has 18 heavy (non-hydrogen) atoms. The number of nitrogens with zero attached hydrogens (tertiary/aromatic N) is 3. The van der Waals surface area contributed by atoms with E-state index >= 15 is 0 Å². The zero-order valence-electron chi connectivity index (χ0n) is 10.7. The fourth-order valence-electron chi connectivity index (χ4n) is 2.00. The van der Waals surface area contributed by atoms with Gasteiger partial charge in [-0.25, -0.2) is 4.68 Å². The minimum Gasteiger partial charge on any atom is -0.364 e. The molecule has 4 N–H and O–H groups in total. The third-order valence-electron chi connectivity index (χ3n) is 2.75. The van der Waals surface area contributed by atoms with Gasteiger partial charge in [0.15, 0.2) is 11.4 Å². The summed E-state index contributed by atoms with van der Waals surface area (Å²) in [6, 6.07) is 0.0168. The van der Waals surface area contributed by atoms with Gasteiger partial charge in [-0.1, -0.05) is 31.9 Å². The van der Waals surface area contributed by atoms with Gasteiger partial charge in [-0.2, -0.15) is 0 Å². The largest absolute Gasteiger partial charge is 0.364 e. The Morgan fingerprint density at radius 1 is 1.17 bits per heavy atom. The Labute approximate surface area is 106 Å². The Bertz CT molecular complexity index is 435. The molecule has 0 aromatic carbocycles. The van der Waals surface area contributed by atoms with Crippen molar-refractivity contribution in [3.8, 4) is 0 Å². The summed E-state index contributed by atoms with van der Waals surface area (Å²) in [7, 11) is 0. The molecule has 1 rings (SSSR count). The first-order chi connectivity index (χ1) is 8.52. The van der Waals surface area contributed by atoms with Crippen LogP contribution in [0.25, 0.3) is 0 Å². The summed E-state index contributed by atoms with van der Waals surface area (Å²) < 4.78 is 1.44. The van der Waals surface area contributed by atoms with Crippen molar-refractivity contribution < 1.29 is 9.59 Å². The zero-order valence-corrected chi connectivity index (χ0v) is 10.7. The number of rotatable bonds is 7. The molecule has 0 aliphatic heterocycles. The van der Waals surface area contributed by atoms with Crippen LogP contribution in [0.4, 0.5) is 0 Å². The van der Waals surface area contributed by atoms with Crippen LogP contribution in [0.5, 0.6) is 0 Å². The molecule has 0 atom stereocenters. The van der Waals surface area contributed by atoms with Crippen LogP contribution in [0.2, 0.25) is 0 Å². The molecule has 0 bridgehead atoms. The fraction of sp³-hybridized carbons (Fsp3) is 0.636. The van der Waals surface area contributed by atoms with Crippen molar-refractivity contribution >= 4 is 11.8 Å². The first-order valence-corrected chi connectivity index (χ1v) is 6.07. The van der Waals surface area contributed by atoms with Crippen molar-refractivity contribution in [3.63, 3.8) is 0 Å². The second-order valence-electron chi connectivity index (χ2n) is 4.19. The van der Waals surface area contributed by atoms with E-state index in [-0.39, 0.29) is 17.4 Å². The SMILES string of the molecule is CCCC(CCC)n1nnc(C(N)=O)c1C(N)=O. The molecule has 0 fully saturated rings. The molecular weight excluding hydrogens is 234 g/mol. The molecule has 0 spiro atoms. The van der Waals surface area contributed by atoms with E-state index in [1.807, 2.05) is 13.8 Å². The number of amides is 2. The molecule has 0 aliphatic carbocycles. The minimum atomic E-state index is -0.790. The van der Waals surface area contributed by atoms with Gasteiger partial charge in [-0.3, -0.25) is 9.59 Å². The summed E-state index contributed by atoms with van der Waals surface area (Å²) in [5.41, 5.74) is 10.3. The number of aromatic nitrogens is 3. The third kappa shape index (κ3) is 2.85. The van der Waals surface area contributed by atoms with E-state index in [9.17, 15) is 9.59 Å². The number of carbonyl (C=O) groups excluding carboxylic acids is 2. The summed E-state index contributed by atoms with van der Waals surface area (Å²) in [6.07, 6.45) is 3.56. The molecule has 1 heterocycles. The maximum Gasteiger partial charge on any atom is 0.271 e. The highest BCUT2D eigenvalue weighted by Gasteiger charge is 2.25. The molecule has 0 unspecified atom stereocenters. The van der Waals surface area contributed by atoms with Crippen LogP contribution >= 0.6 is 0 Å². The van der Waals surface area contributed by atoms with Crippen LogP contribution in [0.3, 0.4) is 0 Å². The zero-order chi connectivity index (χ0) is 13.7. The van der Waals surface area contributed by atoms with E-state index in [1.54, 1.807) is 0 Å². The van der Waals surface area contributed by atoms with Gasteiger partial charge in [0.2, 0.25) is 0 Å².